The molecule has 2 aliphatic heterocycles. The Labute approximate surface area is 192 Å². The van der Waals surface area contributed by atoms with Crippen molar-refractivity contribution in [1.82, 2.24) is 10.2 Å². The van der Waals surface area contributed by atoms with E-state index in [2.05, 4.69) is 5.32 Å². The minimum absolute atomic E-state index is 0.0437. The fourth-order valence-electron chi connectivity index (χ4n) is 3.62. The Kier molecular flexibility index (Phi) is 8.08. The Bertz CT molecular complexity index is 847. The van der Waals surface area contributed by atoms with E-state index in [1.54, 1.807) is 17.0 Å². The molecule has 0 aliphatic carbocycles. The predicted molar refractivity (Wildman–Crippen MR) is 122 cm³/mol. The van der Waals surface area contributed by atoms with Crippen molar-refractivity contribution in [2.24, 2.45) is 0 Å². The lowest BCUT2D eigenvalue weighted by Crippen LogP contribution is -2.50. The molecule has 1 N–H and O–H groups in total. The lowest BCUT2D eigenvalue weighted by atomic mass is 10.2. The highest BCUT2D eigenvalue weighted by Gasteiger charge is 2.33. The minimum Gasteiger partial charge on any atom is -0.468 e. The van der Waals surface area contributed by atoms with Crippen LogP contribution in [-0.2, 0) is 19.0 Å². The highest BCUT2D eigenvalue weighted by atomic mass is 32.1. The number of nitrogens with one attached hydrogen (secondary N) is 1. The molecule has 2 aliphatic rings. The van der Waals surface area contributed by atoms with Gasteiger partial charge in [0, 0.05) is 33.3 Å². The molecule has 0 bridgehead atoms. The molecule has 1 unspecified atom stereocenters. The van der Waals surface area contributed by atoms with Gasteiger partial charge >= 0.3 is 6.09 Å². The van der Waals surface area contributed by atoms with Gasteiger partial charge in [0.2, 0.25) is 5.91 Å². The predicted octanol–water partition coefficient (Wildman–Crippen LogP) is 1.75. The number of ether oxygens (including phenoxy) is 3. The number of hydrogen-bond acceptors (Lipinski definition) is 7. The van der Waals surface area contributed by atoms with Crippen molar-refractivity contribution in [2.75, 3.05) is 62.8 Å². The molecular weight excluding hydrogens is 439 g/mol. The van der Waals surface area contributed by atoms with Gasteiger partial charge in [0.15, 0.2) is 0 Å². The summed E-state index contributed by atoms with van der Waals surface area (Å²) in [6.07, 6.45) is -1.02. The number of anilines is 2. The zero-order valence-electron chi connectivity index (χ0n) is 18.5. The molecule has 11 heteroatoms. The van der Waals surface area contributed by atoms with Crippen molar-refractivity contribution in [1.29, 1.82) is 0 Å². The number of benzene rings is 1. The summed E-state index contributed by atoms with van der Waals surface area (Å²) in [4.78, 5) is 29.2. The molecular formula is C21H29FN4O5S. The van der Waals surface area contributed by atoms with Gasteiger partial charge in [-0.3, -0.25) is 9.69 Å². The lowest BCUT2D eigenvalue weighted by molar-refractivity contribution is -0.135. The summed E-state index contributed by atoms with van der Waals surface area (Å²) >= 11 is 5.08. The molecule has 1 atom stereocenters. The van der Waals surface area contributed by atoms with Crippen LogP contribution in [0.1, 0.15) is 13.8 Å². The van der Waals surface area contributed by atoms with E-state index in [0.717, 1.165) is 0 Å². The summed E-state index contributed by atoms with van der Waals surface area (Å²) in [6, 6.07) is 4.69. The van der Waals surface area contributed by atoms with E-state index in [1.807, 2.05) is 18.7 Å². The number of methoxy groups -OCH3 is 1. The van der Waals surface area contributed by atoms with E-state index in [9.17, 15) is 14.0 Å². The number of amides is 2. The molecule has 0 radical (unpaired) electrons. The van der Waals surface area contributed by atoms with Gasteiger partial charge in [-0.15, -0.1) is 0 Å². The number of nitrogens with zero attached hydrogens (tertiary/aromatic N) is 3. The number of rotatable bonds is 7. The summed E-state index contributed by atoms with van der Waals surface area (Å²) < 4.78 is 30.5. The average Bonchev–Trinajstić information content (AvgIpc) is 3.12. The zero-order chi connectivity index (χ0) is 23.3. The Morgan fingerprint density at radius 2 is 2.03 bits per heavy atom. The third-order valence-corrected chi connectivity index (χ3v) is 5.42. The number of hydrogen-bond donors (Lipinski definition) is 1. The number of halogens is 1. The fraction of sp³-hybridized carbons (Fsp3) is 0.571. The lowest BCUT2D eigenvalue weighted by Gasteiger charge is -2.36. The van der Waals surface area contributed by atoms with Gasteiger partial charge in [0.1, 0.15) is 18.5 Å². The minimum atomic E-state index is -0.537. The summed E-state index contributed by atoms with van der Waals surface area (Å²) in [6.45, 7) is 6.39. The van der Waals surface area contributed by atoms with E-state index in [1.165, 1.54) is 18.1 Å². The van der Waals surface area contributed by atoms with Crippen molar-refractivity contribution < 1.29 is 28.2 Å². The van der Waals surface area contributed by atoms with Crippen LogP contribution in [0.5, 0.6) is 0 Å². The molecule has 9 nitrogen and oxygen atoms in total. The van der Waals surface area contributed by atoms with Crippen LogP contribution in [0, 0.1) is 5.82 Å². The van der Waals surface area contributed by atoms with Crippen LogP contribution < -0.4 is 15.1 Å². The monoisotopic (exact) mass is 468 g/mol. The first-order chi connectivity index (χ1) is 15.3. The number of thiocarbonyl (C=S) groups is 1. The molecule has 0 saturated carbocycles. The van der Waals surface area contributed by atoms with E-state index < -0.39 is 18.0 Å². The second kappa shape index (κ2) is 10.8. The molecule has 176 valence electrons. The van der Waals surface area contributed by atoms with Gasteiger partial charge in [-0.25, -0.2) is 9.18 Å². The number of carbonyl (C=O) groups excluding carboxylic acids is 2. The first kappa shape index (κ1) is 24.0. The van der Waals surface area contributed by atoms with Crippen LogP contribution in [0.4, 0.5) is 20.6 Å². The van der Waals surface area contributed by atoms with Crippen molar-refractivity contribution >= 4 is 40.8 Å². The molecule has 2 saturated heterocycles. The highest BCUT2D eigenvalue weighted by Crippen LogP contribution is 2.28. The molecule has 1 aromatic carbocycles. The third kappa shape index (κ3) is 5.98. The number of cyclic esters (lactones) is 1. The molecule has 2 heterocycles. The molecule has 2 amide bonds. The van der Waals surface area contributed by atoms with Crippen molar-refractivity contribution in [3.05, 3.63) is 24.0 Å². The Morgan fingerprint density at radius 3 is 2.66 bits per heavy atom. The Balaban J connectivity index is 1.56. The highest BCUT2D eigenvalue weighted by molar-refractivity contribution is 7.80. The van der Waals surface area contributed by atoms with Crippen LogP contribution in [0.25, 0.3) is 0 Å². The van der Waals surface area contributed by atoms with Crippen LogP contribution in [-0.4, -0.2) is 87.3 Å². The first-order valence-corrected chi connectivity index (χ1v) is 10.9. The summed E-state index contributed by atoms with van der Waals surface area (Å²) in [7, 11) is 1.48. The van der Waals surface area contributed by atoms with Gasteiger partial charge in [0.25, 0.3) is 5.17 Å². The molecule has 2 fully saturated rings. The maximum absolute atomic E-state index is 14.9. The summed E-state index contributed by atoms with van der Waals surface area (Å²) in [5.74, 6) is -0.504. The average molecular weight is 469 g/mol. The van der Waals surface area contributed by atoms with Crippen LogP contribution in [0.15, 0.2) is 18.2 Å². The SMILES string of the molecule is COCC(=O)N1CCN(c2ccc(N3CC(CNC(=S)OC(C)C)OC3=O)cc2F)CC1. The van der Waals surface area contributed by atoms with Crippen LogP contribution in [0.3, 0.4) is 0 Å². The second-order valence-corrected chi connectivity index (χ2v) is 8.26. The van der Waals surface area contributed by atoms with Crippen molar-refractivity contribution in [3.8, 4) is 0 Å². The van der Waals surface area contributed by atoms with Crippen molar-refractivity contribution in [3.63, 3.8) is 0 Å². The first-order valence-electron chi connectivity index (χ1n) is 10.5. The van der Waals surface area contributed by atoms with Crippen LogP contribution in [0.2, 0.25) is 0 Å². The zero-order valence-corrected chi connectivity index (χ0v) is 19.3. The summed E-state index contributed by atoms with van der Waals surface area (Å²) in [5.41, 5.74) is 0.864. The molecule has 0 spiro atoms. The third-order valence-electron chi connectivity index (χ3n) is 5.17. The van der Waals surface area contributed by atoms with Crippen LogP contribution >= 0.6 is 12.2 Å². The normalized spacial score (nSPS) is 18.7. The molecule has 3 rings (SSSR count). The Morgan fingerprint density at radius 1 is 1.31 bits per heavy atom. The molecule has 1 aromatic rings. The van der Waals surface area contributed by atoms with Gasteiger partial charge in [-0.1, -0.05) is 0 Å². The quantitative estimate of drug-likeness (QED) is 0.606. The van der Waals surface area contributed by atoms with E-state index in [4.69, 9.17) is 26.4 Å². The van der Waals surface area contributed by atoms with Gasteiger partial charge in [0.05, 0.1) is 30.6 Å². The topological polar surface area (TPSA) is 83.6 Å². The maximum atomic E-state index is 14.9. The van der Waals surface area contributed by atoms with Gasteiger partial charge < -0.3 is 29.3 Å². The Hall–Kier alpha value is -2.66. The van der Waals surface area contributed by atoms with E-state index >= 15 is 0 Å². The largest absolute Gasteiger partial charge is 0.468 e. The fourth-order valence-corrected chi connectivity index (χ4v) is 3.90. The van der Waals surface area contributed by atoms with E-state index in [0.29, 0.717) is 44.1 Å². The maximum Gasteiger partial charge on any atom is 0.414 e. The molecule has 32 heavy (non-hydrogen) atoms. The molecule has 0 aromatic heterocycles. The number of piperazine rings is 1. The van der Waals surface area contributed by atoms with Gasteiger partial charge in [-0.05, 0) is 44.3 Å². The van der Waals surface area contributed by atoms with E-state index in [-0.39, 0.29) is 30.3 Å². The summed E-state index contributed by atoms with van der Waals surface area (Å²) in [5, 5.41) is 3.16. The van der Waals surface area contributed by atoms with Crippen molar-refractivity contribution in [2.45, 2.75) is 26.1 Å². The second-order valence-electron chi connectivity index (χ2n) is 7.89. The standard InChI is InChI=1S/C21H29FN4O5S/c1-14(2)30-20(32)23-11-16-12-26(21(28)31-16)15-4-5-18(17(22)10-15)24-6-8-25(9-7-24)19(27)13-29-3/h4-5,10,14,16H,6-9,11-13H2,1-3H3,(H,23,32). The smallest absolute Gasteiger partial charge is 0.414 e. The number of carbonyl (C=O) groups is 2. The van der Waals surface area contributed by atoms with Gasteiger partial charge in [-0.2, -0.15) is 0 Å².